The minimum Gasteiger partial charge on any atom is -0.361 e. The van der Waals surface area contributed by atoms with Gasteiger partial charge in [0, 0.05) is 28.4 Å². The van der Waals surface area contributed by atoms with Gasteiger partial charge in [-0.1, -0.05) is 18.2 Å². The maximum atomic E-state index is 12.1. The molecule has 112 valence electrons. The highest BCUT2D eigenvalue weighted by Gasteiger charge is 2.42. The molecule has 1 saturated carbocycles. The lowest BCUT2D eigenvalue weighted by Crippen LogP contribution is -2.44. The van der Waals surface area contributed by atoms with Crippen molar-refractivity contribution in [1.29, 1.82) is 0 Å². The van der Waals surface area contributed by atoms with Crippen LogP contribution in [0.4, 0.5) is 0 Å². The van der Waals surface area contributed by atoms with Crippen LogP contribution in [0, 0.1) is 0 Å². The number of nitrogens with one attached hydrogen (secondary N) is 2. The van der Waals surface area contributed by atoms with Crippen LogP contribution < -0.4 is 11.1 Å². The number of hydrogen-bond donors (Lipinski definition) is 3. The second-order valence-corrected chi connectivity index (χ2v) is 7.05. The summed E-state index contributed by atoms with van der Waals surface area (Å²) in [4.78, 5) is 15.4. The molecule has 0 spiro atoms. The quantitative estimate of drug-likeness (QED) is 0.765. The maximum absolute atomic E-state index is 12.1. The van der Waals surface area contributed by atoms with Crippen molar-refractivity contribution in [1.82, 2.24) is 10.3 Å². The van der Waals surface area contributed by atoms with Crippen LogP contribution in [0.1, 0.15) is 18.4 Å². The van der Waals surface area contributed by atoms with Crippen molar-refractivity contribution in [3.63, 3.8) is 0 Å². The first-order chi connectivity index (χ1) is 10.1. The molecule has 4 N–H and O–H groups in total. The molecule has 0 bridgehead atoms. The molecule has 1 heterocycles. The number of rotatable bonds is 6. The van der Waals surface area contributed by atoms with Crippen LogP contribution in [0.3, 0.4) is 0 Å². The van der Waals surface area contributed by atoms with E-state index in [1.165, 1.54) is 12.8 Å². The Kier molecular flexibility index (Phi) is 3.95. The van der Waals surface area contributed by atoms with Crippen LogP contribution in [0.15, 0.2) is 30.5 Å². The van der Waals surface area contributed by atoms with Gasteiger partial charge in [0.2, 0.25) is 5.91 Å². The monoisotopic (exact) mass is 303 g/mol. The number of nitrogens with two attached hydrogens (primary N) is 1. The summed E-state index contributed by atoms with van der Waals surface area (Å²) >= 11 is 1.84. The third kappa shape index (κ3) is 3.09. The summed E-state index contributed by atoms with van der Waals surface area (Å²) in [6.07, 6.45) is 6.98. The van der Waals surface area contributed by atoms with E-state index in [4.69, 9.17) is 5.73 Å². The van der Waals surface area contributed by atoms with Gasteiger partial charge in [0.1, 0.15) is 0 Å². The van der Waals surface area contributed by atoms with Crippen molar-refractivity contribution < 1.29 is 4.79 Å². The number of H-pyrrole nitrogens is 1. The average molecular weight is 303 g/mol. The molecule has 1 atom stereocenters. The van der Waals surface area contributed by atoms with Gasteiger partial charge in [0.25, 0.3) is 0 Å². The predicted molar refractivity (Wildman–Crippen MR) is 88.5 cm³/mol. The summed E-state index contributed by atoms with van der Waals surface area (Å²) in [5.74, 6) is -0.0550. The van der Waals surface area contributed by atoms with E-state index in [9.17, 15) is 4.79 Å². The lowest BCUT2D eigenvalue weighted by atomic mass is 10.1. The van der Waals surface area contributed by atoms with E-state index in [1.54, 1.807) is 0 Å². The van der Waals surface area contributed by atoms with Crippen molar-refractivity contribution >= 4 is 28.6 Å². The van der Waals surface area contributed by atoms with Gasteiger partial charge >= 0.3 is 0 Å². The minimum absolute atomic E-state index is 0.0550. The second kappa shape index (κ2) is 5.73. The first-order valence-corrected chi connectivity index (χ1v) is 8.49. The Morgan fingerprint density at radius 2 is 2.24 bits per heavy atom. The number of para-hydroxylation sites is 1. The van der Waals surface area contributed by atoms with E-state index in [0.717, 1.165) is 23.0 Å². The van der Waals surface area contributed by atoms with Crippen LogP contribution in [0.2, 0.25) is 0 Å². The van der Waals surface area contributed by atoms with E-state index >= 15 is 0 Å². The fraction of sp³-hybridized carbons (Fsp3) is 0.438. The number of thioether (sulfide) groups is 1. The van der Waals surface area contributed by atoms with E-state index < -0.39 is 6.04 Å². The molecule has 1 aliphatic rings. The molecule has 0 radical (unpaired) electrons. The zero-order chi connectivity index (χ0) is 14.9. The Labute approximate surface area is 128 Å². The number of carbonyl (C=O) groups excluding carboxylic acids is 1. The molecule has 3 rings (SSSR count). The number of hydrogen-bond acceptors (Lipinski definition) is 3. The number of fused-ring (bicyclic) bond motifs is 1. The van der Waals surface area contributed by atoms with Gasteiger partial charge in [-0.25, -0.2) is 0 Å². The molecule has 21 heavy (non-hydrogen) atoms. The smallest absolute Gasteiger partial charge is 0.237 e. The molecule has 4 nitrogen and oxygen atoms in total. The Balaban J connectivity index is 1.60. The van der Waals surface area contributed by atoms with Crippen molar-refractivity contribution in [2.75, 3.05) is 12.8 Å². The number of amides is 1. The van der Waals surface area contributed by atoms with E-state index in [0.29, 0.717) is 6.42 Å². The minimum atomic E-state index is -0.498. The summed E-state index contributed by atoms with van der Waals surface area (Å²) in [7, 11) is 0. The third-order valence-electron chi connectivity index (χ3n) is 4.28. The van der Waals surface area contributed by atoms with Gasteiger partial charge in [0.05, 0.1) is 6.04 Å². The maximum Gasteiger partial charge on any atom is 0.237 e. The summed E-state index contributed by atoms with van der Waals surface area (Å²) < 4.78 is 0.274. The first-order valence-electron chi connectivity index (χ1n) is 7.27. The molecule has 1 aliphatic carbocycles. The van der Waals surface area contributed by atoms with Crippen LogP contribution in [0.25, 0.3) is 10.9 Å². The topological polar surface area (TPSA) is 70.9 Å². The molecule has 1 unspecified atom stereocenters. The van der Waals surface area contributed by atoms with Crippen LogP contribution >= 0.6 is 11.8 Å². The summed E-state index contributed by atoms with van der Waals surface area (Å²) in [5.41, 5.74) is 8.24. The largest absolute Gasteiger partial charge is 0.361 e. The van der Waals surface area contributed by atoms with Gasteiger partial charge in [-0.2, -0.15) is 11.8 Å². The predicted octanol–water partition coefficient (Wildman–Crippen LogP) is 2.05. The Morgan fingerprint density at radius 1 is 1.48 bits per heavy atom. The first kappa shape index (κ1) is 14.5. The average Bonchev–Trinajstić information content (AvgIpc) is 3.20. The fourth-order valence-electron chi connectivity index (χ4n) is 2.60. The molecule has 5 heteroatoms. The summed E-state index contributed by atoms with van der Waals surface area (Å²) in [5, 5.41) is 4.14. The lowest BCUT2D eigenvalue weighted by molar-refractivity contribution is -0.122. The zero-order valence-electron chi connectivity index (χ0n) is 12.2. The van der Waals surface area contributed by atoms with Crippen molar-refractivity contribution in [3.05, 3.63) is 36.0 Å². The van der Waals surface area contributed by atoms with E-state index in [1.807, 2.05) is 36.2 Å². The number of aromatic amines is 1. The fourth-order valence-corrected chi connectivity index (χ4v) is 3.33. The highest BCUT2D eigenvalue weighted by atomic mass is 32.2. The Bertz CT molecular complexity index is 648. The van der Waals surface area contributed by atoms with Crippen molar-refractivity contribution in [2.45, 2.75) is 30.1 Å². The highest BCUT2D eigenvalue weighted by molar-refractivity contribution is 8.00. The van der Waals surface area contributed by atoms with Crippen molar-refractivity contribution in [3.8, 4) is 0 Å². The van der Waals surface area contributed by atoms with Gasteiger partial charge < -0.3 is 16.0 Å². The molecule has 1 aromatic carbocycles. The molecular formula is C16H21N3OS. The SMILES string of the molecule is CSC1(CNC(=O)C(N)Cc2c[nH]c3ccccc23)CC1. The molecule has 0 aliphatic heterocycles. The van der Waals surface area contributed by atoms with Gasteiger partial charge in [-0.3, -0.25) is 4.79 Å². The van der Waals surface area contributed by atoms with E-state index in [-0.39, 0.29) is 10.7 Å². The molecule has 0 saturated heterocycles. The molecule has 1 amide bonds. The van der Waals surface area contributed by atoms with Crippen LogP contribution in [-0.2, 0) is 11.2 Å². The molecule has 1 aromatic heterocycles. The second-order valence-electron chi connectivity index (χ2n) is 5.78. The zero-order valence-corrected chi connectivity index (χ0v) is 13.0. The molecule has 1 fully saturated rings. The Morgan fingerprint density at radius 3 is 2.95 bits per heavy atom. The number of benzene rings is 1. The number of carbonyl (C=O) groups is 1. The van der Waals surface area contributed by atoms with Gasteiger partial charge in [0.15, 0.2) is 0 Å². The van der Waals surface area contributed by atoms with Crippen LogP contribution in [-0.4, -0.2) is 34.5 Å². The standard InChI is InChI=1S/C16H21N3OS/c1-21-16(6-7-16)10-19-15(20)13(17)8-11-9-18-14-5-3-2-4-12(11)14/h2-5,9,13,18H,6-8,10,17H2,1H3,(H,19,20). The molecule has 2 aromatic rings. The Hall–Kier alpha value is -1.46. The third-order valence-corrected chi connectivity index (χ3v) is 5.70. The number of aromatic nitrogens is 1. The highest BCUT2D eigenvalue weighted by Crippen LogP contribution is 2.46. The summed E-state index contributed by atoms with van der Waals surface area (Å²) in [6, 6.07) is 7.58. The van der Waals surface area contributed by atoms with Crippen LogP contribution in [0.5, 0.6) is 0 Å². The molecular weight excluding hydrogens is 282 g/mol. The van der Waals surface area contributed by atoms with Crippen molar-refractivity contribution in [2.24, 2.45) is 5.73 Å². The van der Waals surface area contributed by atoms with E-state index in [2.05, 4.69) is 22.6 Å². The normalized spacial score (nSPS) is 17.6. The summed E-state index contributed by atoms with van der Waals surface area (Å²) in [6.45, 7) is 0.731. The van der Waals surface area contributed by atoms with Gasteiger partial charge in [-0.05, 0) is 37.1 Å². The lowest BCUT2D eigenvalue weighted by Gasteiger charge is -2.16. The van der Waals surface area contributed by atoms with Gasteiger partial charge in [-0.15, -0.1) is 0 Å².